The second-order valence-corrected chi connectivity index (χ2v) is 5.69. The van der Waals surface area contributed by atoms with Crippen LogP contribution in [0.1, 0.15) is 25.2 Å². The van der Waals surface area contributed by atoms with Crippen LogP contribution in [-0.4, -0.2) is 21.0 Å². The number of nitro groups is 1. The van der Waals surface area contributed by atoms with Crippen LogP contribution in [-0.2, 0) is 0 Å². The van der Waals surface area contributed by atoms with E-state index in [1.54, 1.807) is 43.3 Å². The van der Waals surface area contributed by atoms with Gasteiger partial charge in [0.05, 0.1) is 16.0 Å². The summed E-state index contributed by atoms with van der Waals surface area (Å²) >= 11 is 0. The monoisotopic (exact) mass is 346 g/mol. The minimum Gasteiger partial charge on any atom is -0.384 e. The molecule has 0 aliphatic carbocycles. The van der Waals surface area contributed by atoms with Crippen LogP contribution in [0.2, 0.25) is 0 Å². The molecule has 0 amide bonds. The number of fused-ring (bicyclic) bond motifs is 1. The van der Waals surface area contributed by atoms with Crippen LogP contribution in [0.3, 0.4) is 0 Å². The normalized spacial score (nSPS) is 12.5. The summed E-state index contributed by atoms with van der Waals surface area (Å²) in [5.74, 6) is 0.0159. The van der Waals surface area contributed by atoms with E-state index >= 15 is 0 Å². The lowest BCUT2D eigenvalue weighted by Gasteiger charge is -2.15. The molecule has 1 atom stereocenters. The highest BCUT2D eigenvalue weighted by Gasteiger charge is 2.21. The van der Waals surface area contributed by atoms with Crippen molar-refractivity contribution in [3.05, 3.63) is 64.5 Å². The van der Waals surface area contributed by atoms with Crippen LogP contribution in [0, 0.1) is 10.1 Å². The molecular weight excluding hydrogens is 330 g/mol. The number of hydrogen-bond donors (Lipinski definition) is 1. The van der Waals surface area contributed by atoms with E-state index < -0.39 is 11.5 Å². The number of imidazole rings is 1. The predicted octanol–water partition coefficient (Wildman–Crippen LogP) is 4.56. The molecule has 0 radical (unpaired) electrons. The molecule has 1 aromatic heterocycles. The molecule has 0 saturated heterocycles. The third-order valence-corrected chi connectivity index (χ3v) is 3.95. The lowest BCUT2D eigenvalue weighted by Crippen LogP contribution is -2.15. The number of anilines is 1. The Labute approximate surface area is 142 Å². The average Bonchev–Trinajstić information content (AvgIpc) is 2.99. The maximum absolute atomic E-state index is 13.5. The molecule has 0 unspecified atom stereocenters. The van der Waals surface area contributed by atoms with Gasteiger partial charge >= 0.3 is 6.55 Å². The number of para-hydroxylation sites is 2. The Bertz CT molecular complexity index is 893. The van der Waals surface area contributed by atoms with Gasteiger partial charge in [0.1, 0.15) is 5.82 Å². The van der Waals surface area contributed by atoms with Crippen molar-refractivity contribution < 1.29 is 13.7 Å². The maximum atomic E-state index is 13.5. The highest BCUT2D eigenvalue weighted by atomic mass is 19.3. The van der Waals surface area contributed by atoms with Crippen molar-refractivity contribution in [1.82, 2.24) is 9.55 Å². The van der Waals surface area contributed by atoms with Crippen molar-refractivity contribution in [2.24, 2.45) is 0 Å². The van der Waals surface area contributed by atoms with Crippen LogP contribution in [0.4, 0.5) is 20.2 Å². The van der Waals surface area contributed by atoms with Gasteiger partial charge in [-0.2, -0.15) is 8.78 Å². The molecule has 8 heteroatoms. The van der Waals surface area contributed by atoms with E-state index in [1.165, 1.54) is 12.1 Å². The molecule has 0 fully saturated rings. The van der Waals surface area contributed by atoms with Gasteiger partial charge < -0.3 is 5.32 Å². The summed E-state index contributed by atoms with van der Waals surface area (Å²) in [5, 5.41) is 13.8. The van der Waals surface area contributed by atoms with Crippen molar-refractivity contribution in [2.75, 3.05) is 11.9 Å². The van der Waals surface area contributed by atoms with Crippen LogP contribution < -0.4 is 5.32 Å². The van der Waals surface area contributed by atoms with Crippen LogP contribution >= 0.6 is 0 Å². The second kappa shape index (κ2) is 6.84. The van der Waals surface area contributed by atoms with E-state index in [0.29, 0.717) is 29.1 Å². The van der Waals surface area contributed by atoms with Gasteiger partial charge in [0, 0.05) is 30.3 Å². The number of benzene rings is 2. The number of non-ortho nitro benzene ring substituents is 1. The molecule has 0 aliphatic rings. The van der Waals surface area contributed by atoms with Crippen molar-refractivity contribution in [2.45, 2.75) is 19.4 Å². The topological polar surface area (TPSA) is 73.0 Å². The lowest BCUT2D eigenvalue weighted by atomic mass is 10.1. The third kappa shape index (κ3) is 3.42. The Morgan fingerprint density at radius 2 is 1.88 bits per heavy atom. The first-order valence-electron chi connectivity index (χ1n) is 7.70. The minimum atomic E-state index is -2.68. The quantitative estimate of drug-likeness (QED) is 0.525. The van der Waals surface area contributed by atoms with Gasteiger partial charge in [-0.05, 0) is 24.3 Å². The maximum Gasteiger partial charge on any atom is 0.320 e. The Morgan fingerprint density at radius 1 is 1.20 bits per heavy atom. The molecule has 130 valence electrons. The largest absolute Gasteiger partial charge is 0.384 e. The number of alkyl halides is 2. The van der Waals surface area contributed by atoms with E-state index in [4.69, 9.17) is 0 Å². The molecule has 2 aromatic carbocycles. The van der Waals surface area contributed by atoms with Gasteiger partial charge in [0.25, 0.3) is 5.69 Å². The predicted molar refractivity (Wildman–Crippen MR) is 91.0 cm³/mol. The Balaban J connectivity index is 1.79. The minimum absolute atomic E-state index is 0.00177. The van der Waals surface area contributed by atoms with Gasteiger partial charge in [-0.1, -0.05) is 19.1 Å². The lowest BCUT2D eigenvalue weighted by molar-refractivity contribution is -0.384. The molecule has 25 heavy (non-hydrogen) atoms. The number of nitrogens with zero attached hydrogens (tertiary/aromatic N) is 3. The zero-order chi connectivity index (χ0) is 18.0. The number of halogens is 2. The van der Waals surface area contributed by atoms with Crippen molar-refractivity contribution >= 4 is 22.4 Å². The first kappa shape index (κ1) is 16.8. The molecule has 0 spiro atoms. The first-order chi connectivity index (χ1) is 12.0. The molecule has 0 aliphatic heterocycles. The molecule has 0 saturated carbocycles. The summed E-state index contributed by atoms with van der Waals surface area (Å²) in [6.45, 7) is -0.504. The molecule has 0 bridgehead atoms. The van der Waals surface area contributed by atoms with Crippen LogP contribution in [0.15, 0.2) is 48.5 Å². The summed E-state index contributed by atoms with van der Waals surface area (Å²) in [6, 6.07) is 12.7. The summed E-state index contributed by atoms with van der Waals surface area (Å²) < 4.78 is 27.9. The Hall–Kier alpha value is -3.03. The number of aromatic nitrogens is 2. The standard InChI is InChI=1S/C17H16F2N4O2/c1-11(10-20-12-6-8-13(9-7-12)23(24)25)16-21-14-4-2-3-5-15(14)22(16)17(18)19/h2-9,11,17,20H,10H2,1H3/t11-/m1/s1. The molecule has 3 aromatic rings. The van der Waals surface area contributed by atoms with E-state index in [0.717, 1.165) is 4.57 Å². The van der Waals surface area contributed by atoms with Gasteiger partial charge in [-0.25, -0.2) is 4.98 Å². The van der Waals surface area contributed by atoms with Gasteiger partial charge in [0.2, 0.25) is 0 Å². The highest BCUT2D eigenvalue weighted by molar-refractivity contribution is 5.76. The smallest absolute Gasteiger partial charge is 0.320 e. The Kier molecular flexibility index (Phi) is 4.60. The summed E-state index contributed by atoms with van der Waals surface area (Å²) in [6.07, 6.45) is 0. The molecule has 3 rings (SSSR count). The van der Waals surface area contributed by atoms with Crippen molar-refractivity contribution in [1.29, 1.82) is 0 Å². The summed E-state index contributed by atoms with van der Waals surface area (Å²) in [4.78, 5) is 14.5. The van der Waals surface area contributed by atoms with Crippen LogP contribution in [0.25, 0.3) is 11.0 Å². The fourth-order valence-electron chi connectivity index (χ4n) is 2.68. The highest BCUT2D eigenvalue weighted by Crippen LogP contribution is 2.28. The van der Waals surface area contributed by atoms with E-state index in [2.05, 4.69) is 10.3 Å². The number of nitro benzene ring substituents is 1. The van der Waals surface area contributed by atoms with E-state index in [-0.39, 0.29) is 11.6 Å². The zero-order valence-electron chi connectivity index (χ0n) is 13.4. The second-order valence-electron chi connectivity index (χ2n) is 5.69. The van der Waals surface area contributed by atoms with Gasteiger partial charge in [-0.3, -0.25) is 14.7 Å². The van der Waals surface area contributed by atoms with Crippen molar-refractivity contribution in [3.63, 3.8) is 0 Å². The van der Waals surface area contributed by atoms with Gasteiger partial charge in [0.15, 0.2) is 0 Å². The number of hydrogen-bond acceptors (Lipinski definition) is 4. The Morgan fingerprint density at radius 3 is 2.52 bits per heavy atom. The van der Waals surface area contributed by atoms with Crippen LogP contribution in [0.5, 0.6) is 0 Å². The first-order valence-corrected chi connectivity index (χ1v) is 7.70. The fourth-order valence-corrected chi connectivity index (χ4v) is 2.68. The number of rotatable bonds is 6. The molecular formula is C17H16F2N4O2. The average molecular weight is 346 g/mol. The number of nitrogens with one attached hydrogen (secondary N) is 1. The van der Waals surface area contributed by atoms with Crippen molar-refractivity contribution in [3.8, 4) is 0 Å². The summed E-state index contributed by atoms with van der Waals surface area (Å²) in [5.41, 5.74) is 1.60. The zero-order valence-corrected chi connectivity index (χ0v) is 13.4. The molecule has 6 nitrogen and oxygen atoms in total. The van der Waals surface area contributed by atoms with Gasteiger partial charge in [-0.15, -0.1) is 0 Å². The fraction of sp³-hybridized carbons (Fsp3) is 0.235. The van der Waals surface area contributed by atoms with E-state index in [1.807, 2.05) is 0 Å². The molecule has 1 heterocycles. The third-order valence-electron chi connectivity index (χ3n) is 3.95. The SMILES string of the molecule is C[C@H](CNc1ccc([N+](=O)[O-])cc1)c1nc2ccccc2n1C(F)F. The van der Waals surface area contributed by atoms with E-state index in [9.17, 15) is 18.9 Å². The molecule has 1 N–H and O–H groups in total. The summed E-state index contributed by atoms with van der Waals surface area (Å²) in [7, 11) is 0.